The average Bonchev–Trinajstić information content (AvgIpc) is 3.06. The fourth-order valence-corrected chi connectivity index (χ4v) is 3.34. The van der Waals surface area contributed by atoms with Crippen LogP contribution in [0.2, 0.25) is 0 Å². The molecule has 3 heterocycles. The van der Waals surface area contributed by atoms with E-state index >= 15 is 0 Å². The summed E-state index contributed by atoms with van der Waals surface area (Å²) in [6.45, 7) is 3.24. The second-order valence-corrected chi connectivity index (χ2v) is 6.98. The molecule has 1 amide bonds. The minimum absolute atomic E-state index is 0.103. The van der Waals surface area contributed by atoms with Crippen molar-refractivity contribution in [1.82, 2.24) is 15.3 Å². The van der Waals surface area contributed by atoms with Gasteiger partial charge in [-0.1, -0.05) is 37.3 Å². The Bertz CT molecular complexity index is 996. The molecule has 1 unspecified atom stereocenters. The molecule has 0 bridgehead atoms. The van der Waals surface area contributed by atoms with Crippen molar-refractivity contribution in [2.24, 2.45) is 11.0 Å². The van der Waals surface area contributed by atoms with E-state index in [1.807, 2.05) is 37.4 Å². The Hall–Kier alpha value is -3.28. The Kier molecular flexibility index (Phi) is 5.02. The molecule has 6 heteroatoms. The average molecular weight is 376 g/mol. The molecule has 0 saturated heterocycles. The predicted octanol–water partition coefficient (Wildman–Crippen LogP) is 3.54. The summed E-state index contributed by atoms with van der Waals surface area (Å²) in [7, 11) is 0. The summed E-state index contributed by atoms with van der Waals surface area (Å²) < 4.78 is 14.8. The Morgan fingerprint density at radius 2 is 2.21 bits per heavy atom. The van der Waals surface area contributed by atoms with Crippen molar-refractivity contribution >= 4 is 17.7 Å². The molecule has 0 radical (unpaired) electrons. The van der Waals surface area contributed by atoms with E-state index in [1.54, 1.807) is 29.3 Å². The second-order valence-electron chi connectivity index (χ2n) is 6.98. The van der Waals surface area contributed by atoms with Gasteiger partial charge in [-0.3, -0.25) is 9.78 Å². The van der Waals surface area contributed by atoms with Crippen LogP contribution in [-0.2, 0) is 13.1 Å². The van der Waals surface area contributed by atoms with Crippen LogP contribution in [0.25, 0.3) is 5.57 Å². The Balaban J connectivity index is 1.53. The third-order valence-electron chi connectivity index (χ3n) is 4.89. The highest BCUT2D eigenvalue weighted by molar-refractivity contribution is 5.97. The number of carbonyl (C=O) groups is 1. The number of nitrogens with zero attached hydrogens (tertiary/aromatic N) is 3. The lowest BCUT2D eigenvalue weighted by atomic mass is 10.0. The van der Waals surface area contributed by atoms with E-state index in [-0.39, 0.29) is 24.2 Å². The zero-order chi connectivity index (χ0) is 19.5. The number of fused-ring (bicyclic) bond motifs is 1. The minimum Gasteiger partial charge on any atom is -0.328 e. The van der Waals surface area contributed by atoms with Gasteiger partial charge in [-0.05, 0) is 29.3 Å². The minimum atomic E-state index is -0.319. The Morgan fingerprint density at radius 3 is 3.04 bits per heavy atom. The van der Waals surface area contributed by atoms with Crippen molar-refractivity contribution in [2.45, 2.75) is 20.0 Å². The number of nitrogens with one attached hydrogen (secondary N) is 1. The van der Waals surface area contributed by atoms with Crippen molar-refractivity contribution in [1.29, 1.82) is 0 Å². The molecule has 1 atom stereocenters. The van der Waals surface area contributed by atoms with Crippen LogP contribution in [0, 0.1) is 11.7 Å². The topological polar surface area (TPSA) is 57.6 Å². The molecule has 0 saturated carbocycles. The first-order chi connectivity index (χ1) is 13.6. The number of rotatable bonds is 3. The van der Waals surface area contributed by atoms with Gasteiger partial charge in [0.15, 0.2) is 0 Å². The van der Waals surface area contributed by atoms with Crippen LogP contribution in [0.5, 0.6) is 0 Å². The number of aromatic nitrogens is 1. The standard InChI is InChI=1S/C22H21FN4O/c1-15-4-5-16(8-10-25-26-12-15)17-6-7-18(20(23)11-17)13-27-14-21-19(22(27)28)3-2-9-24-21/h2-9,11-12,15,25H,10,13-14H2,1H3/b5-4-,16-8+,26-12-. The van der Waals surface area contributed by atoms with E-state index in [0.29, 0.717) is 24.2 Å². The maximum Gasteiger partial charge on any atom is 0.256 e. The quantitative estimate of drug-likeness (QED) is 0.891. The number of hydrazone groups is 1. The lowest BCUT2D eigenvalue weighted by molar-refractivity contribution is 0.0765. The fourth-order valence-electron chi connectivity index (χ4n) is 3.34. The van der Waals surface area contributed by atoms with Gasteiger partial charge in [-0.15, -0.1) is 0 Å². The summed E-state index contributed by atoms with van der Waals surface area (Å²) in [6.07, 6.45) is 9.50. The number of allylic oxidation sites excluding steroid dienone is 3. The molecule has 0 spiro atoms. The van der Waals surface area contributed by atoms with Crippen LogP contribution in [0.4, 0.5) is 4.39 Å². The summed E-state index contributed by atoms with van der Waals surface area (Å²) in [6, 6.07) is 8.68. The van der Waals surface area contributed by atoms with Gasteiger partial charge < -0.3 is 10.3 Å². The first-order valence-corrected chi connectivity index (χ1v) is 9.28. The van der Waals surface area contributed by atoms with Crippen molar-refractivity contribution < 1.29 is 9.18 Å². The van der Waals surface area contributed by atoms with Crippen molar-refractivity contribution in [3.05, 3.63) is 83.0 Å². The largest absolute Gasteiger partial charge is 0.328 e. The summed E-state index contributed by atoms with van der Waals surface area (Å²) in [5.41, 5.74) is 6.52. The van der Waals surface area contributed by atoms with Crippen LogP contribution >= 0.6 is 0 Å². The van der Waals surface area contributed by atoms with Gasteiger partial charge in [-0.25, -0.2) is 4.39 Å². The first kappa shape index (κ1) is 18.1. The molecule has 1 N–H and O–H groups in total. The summed E-state index contributed by atoms with van der Waals surface area (Å²) in [5, 5.41) is 4.13. The summed E-state index contributed by atoms with van der Waals surface area (Å²) in [5.74, 6) is -0.233. The zero-order valence-corrected chi connectivity index (χ0v) is 15.6. The molecule has 28 heavy (non-hydrogen) atoms. The van der Waals surface area contributed by atoms with E-state index in [9.17, 15) is 9.18 Å². The van der Waals surface area contributed by atoms with Crippen molar-refractivity contribution in [2.75, 3.05) is 6.54 Å². The number of carbonyl (C=O) groups excluding carboxylic acids is 1. The van der Waals surface area contributed by atoms with E-state index in [1.165, 1.54) is 6.07 Å². The Morgan fingerprint density at radius 1 is 1.32 bits per heavy atom. The number of pyridine rings is 1. The highest BCUT2D eigenvalue weighted by Crippen LogP contribution is 2.25. The summed E-state index contributed by atoms with van der Waals surface area (Å²) in [4.78, 5) is 18.4. The van der Waals surface area contributed by atoms with Crippen LogP contribution in [-0.4, -0.2) is 28.6 Å². The monoisotopic (exact) mass is 376 g/mol. The van der Waals surface area contributed by atoms with Gasteiger partial charge >= 0.3 is 0 Å². The zero-order valence-electron chi connectivity index (χ0n) is 15.6. The molecule has 0 aliphatic carbocycles. The van der Waals surface area contributed by atoms with Crippen LogP contribution in [0.1, 0.15) is 34.1 Å². The van der Waals surface area contributed by atoms with Gasteiger partial charge in [0.1, 0.15) is 5.82 Å². The molecule has 2 aliphatic rings. The maximum atomic E-state index is 14.8. The van der Waals surface area contributed by atoms with E-state index in [2.05, 4.69) is 15.5 Å². The van der Waals surface area contributed by atoms with Gasteiger partial charge in [0.25, 0.3) is 5.91 Å². The third kappa shape index (κ3) is 3.71. The lowest BCUT2D eigenvalue weighted by Gasteiger charge is -2.16. The molecule has 2 aromatic rings. The van der Waals surface area contributed by atoms with Gasteiger partial charge in [0, 0.05) is 30.4 Å². The maximum absolute atomic E-state index is 14.8. The molecule has 2 aliphatic heterocycles. The normalized spacial score (nSPS) is 22.9. The number of halogens is 1. The number of amides is 1. The number of benzene rings is 1. The van der Waals surface area contributed by atoms with Gasteiger partial charge in [0.05, 0.1) is 24.3 Å². The smallest absolute Gasteiger partial charge is 0.256 e. The van der Waals surface area contributed by atoms with E-state index < -0.39 is 0 Å². The van der Waals surface area contributed by atoms with Gasteiger partial charge in [-0.2, -0.15) is 5.10 Å². The molecule has 142 valence electrons. The molecular weight excluding hydrogens is 355 g/mol. The van der Waals surface area contributed by atoms with E-state index in [0.717, 1.165) is 16.8 Å². The number of hydrogen-bond donors (Lipinski definition) is 1. The SMILES string of the molecule is CC1/C=C\C(c2ccc(CN3Cc4ncccc4C3=O)c(F)c2)=C/CN/N=C\1. The Labute approximate surface area is 163 Å². The first-order valence-electron chi connectivity index (χ1n) is 9.28. The predicted molar refractivity (Wildman–Crippen MR) is 107 cm³/mol. The highest BCUT2D eigenvalue weighted by atomic mass is 19.1. The van der Waals surface area contributed by atoms with E-state index in [4.69, 9.17) is 0 Å². The van der Waals surface area contributed by atoms with Gasteiger partial charge in [0.2, 0.25) is 0 Å². The lowest BCUT2D eigenvalue weighted by Crippen LogP contribution is -2.23. The van der Waals surface area contributed by atoms with Crippen LogP contribution < -0.4 is 5.43 Å². The molecule has 0 fully saturated rings. The van der Waals surface area contributed by atoms with Crippen LogP contribution in [0.3, 0.4) is 0 Å². The molecule has 4 rings (SSSR count). The molecule has 1 aromatic carbocycles. The van der Waals surface area contributed by atoms with Crippen LogP contribution in [0.15, 0.2) is 59.9 Å². The molecule has 1 aromatic heterocycles. The summed E-state index contributed by atoms with van der Waals surface area (Å²) >= 11 is 0. The fraction of sp³-hybridized carbons (Fsp3) is 0.227. The number of hydrogen-bond acceptors (Lipinski definition) is 4. The molecular formula is C22H21FN4O. The third-order valence-corrected chi connectivity index (χ3v) is 4.89. The highest BCUT2D eigenvalue weighted by Gasteiger charge is 2.28. The van der Waals surface area contributed by atoms with Crippen molar-refractivity contribution in [3.8, 4) is 0 Å². The second kappa shape index (κ2) is 7.76. The molecule has 5 nitrogen and oxygen atoms in total. The van der Waals surface area contributed by atoms with Crippen molar-refractivity contribution in [3.63, 3.8) is 0 Å².